The second-order valence-corrected chi connectivity index (χ2v) is 8.25. The number of rotatable bonds is 4. The first kappa shape index (κ1) is 15.2. The third-order valence-electron chi connectivity index (χ3n) is 6.08. The van der Waals surface area contributed by atoms with Gasteiger partial charge in [0.1, 0.15) is 0 Å². The van der Waals surface area contributed by atoms with Crippen LogP contribution in [0.15, 0.2) is 24.3 Å². The van der Waals surface area contributed by atoms with Crippen molar-refractivity contribution in [1.29, 1.82) is 0 Å². The largest absolute Gasteiger partial charge is 0.348 e. The van der Waals surface area contributed by atoms with Gasteiger partial charge in [0.15, 0.2) is 5.78 Å². The highest BCUT2D eigenvalue weighted by Gasteiger charge is 2.54. The van der Waals surface area contributed by atoms with Crippen LogP contribution in [0.1, 0.15) is 48.9 Å². The van der Waals surface area contributed by atoms with E-state index >= 15 is 0 Å². The van der Waals surface area contributed by atoms with Crippen molar-refractivity contribution in [1.82, 2.24) is 5.32 Å². The molecule has 0 atom stereocenters. The van der Waals surface area contributed by atoms with Gasteiger partial charge in [-0.1, -0.05) is 23.7 Å². The molecule has 4 heteroatoms. The SMILES string of the molecule is O=C(CNC(=O)C12CC3CC(CC(C3)C1)C2)c1cccc(Cl)c1. The lowest BCUT2D eigenvalue weighted by Crippen LogP contribution is -2.54. The summed E-state index contributed by atoms with van der Waals surface area (Å²) in [6, 6.07) is 6.90. The number of benzene rings is 1. The number of carbonyl (C=O) groups is 2. The smallest absolute Gasteiger partial charge is 0.226 e. The summed E-state index contributed by atoms with van der Waals surface area (Å²) < 4.78 is 0. The molecular weight excluding hydrogens is 310 g/mol. The van der Waals surface area contributed by atoms with E-state index in [1.807, 2.05) is 0 Å². The van der Waals surface area contributed by atoms with E-state index in [9.17, 15) is 9.59 Å². The molecule has 0 aromatic heterocycles. The van der Waals surface area contributed by atoms with Gasteiger partial charge < -0.3 is 5.32 Å². The Morgan fingerprint density at radius 2 is 1.70 bits per heavy atom. The Bertz CT molecular complexity index is 619. The van der Waals surface area contributed by atoms with E-state index < -0.39 is 0 Å². The van der Waals surface area contributed by atoms with E-state index in [-0.39, 0.29) is 23.7 Å². The number of nitrogens with one attached hydrogen (secondary N) is 1. The van der Waals surface area contributed by atoms with Crippen LogP contribution in [0, 0.1) is 23.2 Å². The number of halogens is 1. The fourth-order valence-electron chi connectivity index (χ4n) is 5.50. The van der Waals surface area contributed by atoms with E-state index in [1.165, 1.54) is 19.3 Å². The molecule has 0 heterocycles. The molecule has 0 spiro atoms. The summed E-state index contributed by atoms with van der Waals surface area (Å²) in [6.45, 7) is 0.0704. The molecule has 0 saturated heterocycles. The van der Waals surface area contributed by atoms with Crippen molar-refractivity contribution in [3.63, 3.8) is 0 Å². The van der Waals surface area contributed by atoms with Gasteiger partial charge in [-0.05, 0) is 68.4 Å². The number of Topliss-reactive ketones (excluding diaryl/α,β-unsaturated/α-hetero) is 1. The summed E-state index contributed by atoms with van der Waals surface area (Å²) in [6.07, 6.45) is 7.01. The van der Waals surface area contributed by atoms with Gasteiger partial charge in [0, 0.05) is 16.0 Å². The Hall–Kier alpha value is -1.35. The van der Waals surface area contributed by atoms with Crippen molar-refractivity contribution in [3.8, 4) is 0 Å². The Morgan fingerprint density at radius 1 is 1.09 bits per heavy atom. The van der Waals surface area contributed by atoms with Gasteiger partial charge >= 0.3 is 0 Å². The molecule has 1 aromatic carbocycles. The standard InChI is InChI=1S/C19H22ClNO2/c20-16-3-1-2-15(7-16)17(22)11-21-18(23)19-8-12-4-13(9-19)6-14(5-12)10-19/h1-3,7,12-14H,4-6,8-11H2,(H,21,23). The molecule has 5 rings (SSSR count). The van der Waals surface area contributed by atoms with Crippen LogP contribution in [0.2, 0.25) is 5.02 Å². The highest BCUT2D eigenvalue weighted by atomic mass is 35.5. The van der Waals surface area contributed by atoms with Crippen molar-refractivity contribution in [3.05, 3.63) is 34.9 Å². The maximum absolute atomic E-state index is 12.8. The lowest BCUT2D eigenvalue weighted by Gasteiger charge is -2.55. The van der Waals surface area contributed by atoms with Gasteiger partial charge in [0.25, 0.3) is 0 Å². The van der Waals surface area contributed by atoms with Crippen LogP contribution >= 0.6 is 11.6 Å². The van der Waals surface area contributed by atoms with Gasteiger partial charge in [-0.2, -0.15) is 0 Å². The van der Waals surface area contributed by atoms with E-state index in [2.05, 4.69) is 5.32 Å². The minimum absolute atomic E-state index is 0.0704. The number of hydrogen-bond donors (Lipinski definition) is 1. The second kappa shape index (κ2) is 5.62. The zero-order valence-corrected chi connectivity index (χ0v) is 13.9. The van der Waals surface area contributed by atoms with Crippen LogP contribution in [0.5, 0.6) is 0 Å². The molecule has 0 unspecified atom stereocenters. The number of carbonyl (C=O) groups excluding carboxylic acids is 2. The number of amides is 1. The van der Waals surface area contributed by atoms with Crippen molar-refractivity contribution in [2.75, 3.05) is 6.54 Å². The van der Waals surface area contributed by atoms with Crippen molar-refractivity contribution >= 4 is 23.3 Å². The maximum Gasteiger partial charge on any atom is 0.226 e. The summed E-state index contributed by atoms with van der Waals surface area (Å²) in [5.74, 6) is 2.22. The molecule has 1 aromatic rings. The van der Waals surface area contributed by atoms with Gasteiger partial charge in [0.05, 0.1) is 6.54 Å². The molecule has 122 valence electrons. The normalized spacial score (nSPS) is 34.4. The summed E-state index contributed by atoms with van der Waals surface area (Å²) in [4.78, 5) is 25.1. The van der Waals surface area contributed by atoms with Crippen molar-refractivity contribution in [2.45, 2.75) is 38.5 Å². The fraction of sp³-hybridized carbons (Fsp3) is 0.579. The lowest BCUT2D eigenvalue weighted by molar-refractivity contribution is -0.146. The second-order valence-electron chi connectivity index (χ2n) is 7.81. The third kappa shape index (κ3) is 2.80. The molecule has 0 aliphatic heterocycles. The molecule has 4 aliphatic rings. The zero-order valence-electron chi connectivity index (χ0n) is 13.2. The van der Waals surface area contributed by atoms with Crippen LogP contribution in [-0.2, 0) is 4.79 Å². The number of hydrogen-bond acceptors (Lipinski definition) is 2. The quantitative estimate of drug-likeness (QED) is 0.852. The predicted molar refractivity (Wildman–Crippen MR) is 89.4 cm³/mol. The van der Waals surface area contributed by atoms with Crippen LogP contribution < -0.4 is 5.32 Å². The average Bonchev–Trinajstić information content (AvgIpc) is 2.51. The minimum atomic E-state index is -0.191. The van der Waals surface area contributed by atoms with E-state index in [4.69, 9.17) is 11.6 Å². The van der Waals surface area contributed by atoms with Gasteiger partial charge in [0.2, 0.25) is 5.91 Å². The Balaban J connectivity index is 1.41. The number of ketones is 1. The van der Waals surface area contributed by atoms with Crippen LogP contribution in [0.4, 0.5) is 0 Å². The highest BCUT2D eigenvalue weighted by Crippen LogP contribution is 2.60. The lowest BCUT2D eigenvalue weighted by atomic mass is 9.49. The molecular formula is C19H22ClNO2. The van der Waals surface area contributed by atoms with Crippen molar-refractivity contribution < 1.29 is 9.59 Å². The minimum Gasteiger partial charge on any atom is -0.348 e. The molecule has 23 heavy (non-hydrogen) atoms. The van der Waals surface area contributed by atoms with Crippen molar-refractivity contribution in [2.24, 2.45) is 23.2 Å². The topological polar surface area (TPSA) is 46.2 Å². The predicted octanol–water partition coefficient (Wildman–Crippen LogP) is 3.86. The zero-order chi connectivity index (χ0) is 16.0. The molecule has 1 N–H and O–H groups in total. The fourth-order valence-corrected chi connectivity index (χ4v) is 5.69. The summed E-state index contributed by atoms with van der Waals surface area (Å²) >= 11 is 5.92. The van der Waals surface area contributed by atoms with Crippen LogP contribution in [0.3, 0.4) is 0 Å². The first-order valence-corrected chi connectivity index (χ1v) is 8.99. The van der Waals surface area contributed by atoms with Gasteiger partial charge in [-0.3, -0.25) is 9.59 Å². The molecule has 3 nitrogen and oxygen atoms in total. The van der Waals surface area contributed by atoms with Crippen LogP contribution in [-0.4, -0.2) is 18.2 Å². The Kier molecular flexibility index (Phi) is 3.72. The molecule has 1 amide bonds. The molecule has 4 bridgehead atoms. The van der Waals surface area contributed by atoms with E-state index in [0.717, 1.165) is 37.0 Å². The Morgan fingerprint density at radius 3 is 2.26 bits per heavy atom. The van der Waals surface area contributed by atoms with E-state index in [0.29, 0.717) is 10.6 Å². The first-order chi connectivity index (χ1) is 11.0. The molecule has 4 aliphatic carbocycles. The van der Waals surface area contributed by atoms with E-state index in [1.54, 1.807) is 24.3 Å². The maximum atomic E-state index is 12.8. The Labute approximate surface area is 141 Å². The molecule has 4 fully saturated rings. The molecule has 4 saturated carbocycles. The summed E-state index contributed by atoms with van der Waals surface area (Å²) in [5, 5.41) is 3.47. The highest BCUT2D eigenvalue weighted by molar-refractivity contribution is 6.31. The monoisotopic (exact) mass is 331 g/mol. The first-order valence-electron chi connectivity index (χ1n) is 8.61. The third-order valence-corrected chi connectivity index (χ3v) is 6.31. The van der Waals surface area contributed by atoms with Gasteiger partial charge in [-0.15, -0.1) is 0 Å². The van der Waals surface area contributed by atoms with Crippen LogP contribution in [0.25, 0.3) is 0 Å². The average molecular weight is 332 g/mol. The molecule has 0 radical (unpaired) electrons. The summed E-state index contributed by atoms with van der Waals surface area (Å²) in [5.41, 5.74) is 0.368. The van der Waals surface area contributed by atoms with Gasteiger partial charge in [-0.25, -0.2) is 0 Å². The summed E-state index contributed by atoms with van der Waals surface area (Å²) in [7, 11) is 0.